The minimum absolute atomic E-state index is 0.0550. The van der Waals surface area contributed by atoms with E-state index in [2.05, 4.69) is 10.6 Å². The first kappa shape index (κ1) is 14.8. The number of phenolic OH excluding ortho intramolecular Hbond substituents is 1. The number of phenols is 1. The summed E-state index contributed by atoms with van der Waals surface area (Å²) in [4.78, 5) is 12.2. The van der Waals surface area contributed by atoms with Gasteiger partial charge in [0, 0.05) is 6.54 Å². The average Bonchev–Trinajstić information content (AvgIpc) is 2.43. The summed E-state index contributed by atoms with van der Waals surface area (Å²) in [5, 5.41) is 24.8. The van der Waals surface area contributed by atoms with Gasteiger partial charge in [-0.15, -0.1) is 0 Å². The Morgan fingerprint density at radius 3 is 2.85 bits per heavy atom. The normalized spacial score (nSPS) is 19.5. The fourth-order valence-corrected chi connectivity index (χ4v) is 2.39. The maximum Gasteiger partial charge on any atom is 0.237 e. The van der Waals surface area contributed by atoms with Crippen LogP contribution in [0, 0.1) is 5.92 Å². The quantitative estimate of drug-likeness (QED) is 0.648. The van der Waals surface area contributed by atoms with E-state index in [9.17, 15) is 15.0 Å². The van der Waals surface area contributed by atoms with Crippen molar-refractivity contribution >= 4 is 5.91 Å². The van der Waals surface area contributed by atoms with Gasteiger partial charge in [0.05, 0.1) is 18.7 Å². The third-order valence-electron chi connectivity index (χ3n) is 3.80. The van der Waals surface area contributed by atoms with Crippen molar-refractivity contribution in [3.8, 4) is 5.75 Å². The molecule has 2 rings (SSSR count). The average molecular weight is 278 g/mol. The summed E-state index contributed by atoms with van der Waals surface area (Å²) >= 11 is 0. The van der Waals surface area contributed by atoms with Gasteiger partial charge in [0.15, 0.2) is 0 Å². The van der Waals surface area contributed by atoms with Gasteiger partial charge in [-0.3, -0.25) is 4.79 Å². The Kier molecular flexibility index (Phi) is 4.62. The van der Waals surface area contributed by atoms with Crippen LogP contribution >= 0.6 is 0 Å². The molecule has 0 spiro atoms. The third-order valence-corrected chi connectivity index (χ3v) is 3.80. The Bertz CT molecular complexity index is 488. The van der Waals surface area contributed by atoms with E-state index in [1.807, 2.05) is 19.9 Å². The molecule has 110 valence electrons. The van der Waals surface area contributed by atoms with Crippen molar-refractivity contribution in [2.45, 2.75) is 38.9 Å². The van der Waals surface area contributed by atoms with Gasteiger partial charge in [-0.25, -0.2) is 0 Å². The molecule has 0 saturated carbocycles. The van der Waals surface area contributed by atoms with Crippen LogP contribution in [0.4, 0.5) is 0 Å². The van der Waals surface area contributed by atoms with E-state index in [0.29, 0.717) is 13.0 Å². The summed E-state index contributed by atoms with van der Waals surface area (Å²) in [6, 6.07) is 4.72. The molecule has 0 aromatic heterocycles. The second-order valence-electron chi connectivity index (χ2n) is 5.63. The number of hydrogen-bond donors (Lipinski definition) is 4. The van der Waals surface area contributed by atoms with Gasteiger partial charge in [-0.05, 0) is 35.6 Å². The van der Waals surface area contributed by atoms with Crippen molar-refractivity contribution in [3.05, 3.63) is 29.3 Å². The predicted molar refractivity (Wildman–Crippen MR) is 76.3 cm³/mol. The second-order valence-corrected chi connectivity index (χ2v) is 5.63. The van der Waals surface area contributed by atoms with Crippen molar-refractivity contribution in [2.24, 2.45) is 5.92 Å². The molecule has 0 radical (unpaired) electrons. The minimum Gasteiger partial charge on any atom is -0.508 e. The van der Waals surface area contributed by atoms with E-state index in [0.717, 1.165) is 11.1 Å². The van der Waals surface area contributed by atoms with E-state index in [4.69, 9.17) is 0 Å². The van der Waals surface area contributed by atoms with Gasteiger partial charge < -0.3 is 20.8 Å². The number of benzene rings is 1. The third kappa shape index (κ3) is 3.29. The van der Waals surface area contributed by atoms with Crippen LogP contribution in [0.2, 0.25) is 0 Å². The number of fused-ring (bicyclic) bond motifs is 1. The lowest BCUT2D eigenvalue weighted by Gasteiger charge is -2.28. The van der Waals surface area contributed by atoms with Crippen LogP contribution in [0.3, 0.4) is 0 Å². The molecule has 0 bridgehead atoms. The number of aromatic hydroxyl groups is 1. The first-order valence-electron chi connectivity index (χ1n) is 6.96. The molecule has 1 aromatic rings. The summed E-state index contributed by atoms with van der Waals surface area (Å²) in [5.41, 5.74) is 2.10. The monoisotopic (exact) mass is 278 g/mol. The van der Waals surface area contributed by atoms with Gasteiger partial charge in [-0.1, -0.05) is 19.9 Å². The van der Waals surface area contributed by atoms with E-state index >= 15 is 0 Å². The molecule has 5 heteroatoms. The number of carbonyl (C=O) groups excluding carboxylic acids is 1. The van der Waals surface area contributed by atoms with Crippen LogP contribution in [-0.2, 0) is 17.8 Å². The lowest BCUT2D eigenvalue weighted by molar-refractivity contribution is -0.124. The van der Waals surface area contributed by atoms with E-state index < -0.39 is 0 Å². The number of nitrogens with one attached hydrogen (secondary N) is 2. The first-order chi connectivity index (χ1) is 9.51. The molecular weight excluding hydrogens is 256 g/mol. The number of amides is 1. The molecule has 20 heavy (non-hydrogen) atoms. The van der Waals surface area contributed by atoms with Crippen LogP contribution in [-0.4, -0.2) is 34.8 Å². The summed E-state index contributed by atoms with van der Waals surface area (Å²) < 4.78 is 0. The molecule has 1 unspecified atom stereocenters. The Balaban J connectivity index is 2.01. The van der Waals surface area contributed by atoms with Crippen molar-refractivity contribution in [3.63, 3.8) is 0 Å². The molecule has 0 fully saturated rings. The highest BCUT2D eigenvalue weighted by Crippen LogP contribution is 2.21. The number of carbonyl (C=O) groups is 1. The van der Waals surface area contributed by atoms with E-state index in [1.165, 1.54) is 0 Å². The zero-order chi connectivity index (χ0) is 14.7. The summed E-state index contributed by atoms with van der Waals surface area (Å²) in [5.74, 6) is 0.349. The van der Waals surface area contributed by atoms with Gasteiger partial charge in [0.2, 0.25) is 5.91 Å². The number of hydrogen-bond acceptors (Lipinski definition) is 4. The molecular formula is C15H22N2O3. The van der Waals surface area contributed by atoms with Crippen LogP contribution in [0.25, 0.3) is 0 Å². The van der Waals surface area contributed by atoms with Crippen LogP contribution in [0.15, 0.2) is 18.2 Å². The molecule has 0 saturated heterocycles. The van der Waals surface area contributed by atoms with Gasteiger partial charge >= 0.3 is 0 Å². The minimum atomic E-state index is -0.292. The van der Waals surface area contributed by atoms with Crippen LogP contribution in [0.5, 0.6) is 5.75 Å². The highest BCUT2D eigenvalue weighted by atomic mass is 16.3. The molecule has 4 N–H and O–H groups in total. The van der Waals surface area contributed by atoms with E-state index in [-0.39, 0.29) is 36.3 Å². The zero-order valence-electron chi connectivity index (χ0n) is 11.9. The van der Waals surface area contributed by atoms with Crippen molar-refractivity contribution in [1.29, 1.82) is 0 Å². The molecule has 5 nitrogen and oxygen atoms in total. The van der Waals surface area contributed by atoms with Gasteiger partial charge in [-0.2, -0.15) is 0 Å². The van der Waals surface area contributed by atoms with Gasteiger partial charge in [0.25, 0.3) is 0 Å². The molecule has 1 amide bonds. The van der Waals surface area contributed by atoms with Crippen LogP contribution in [0.1, 0.15) is 25.0 Å². The lowest BCUT2D eigenvalue weighted by atomic mass is 9.94. The fraction of sp³-hybridized carbons (Fsp3) is 0.533. The smallest absolute Gasteiger partial charge is 0.237 e. The SMILES string of the molecule is CC(C)C(CO)NC(=O)[C@H]1Cc2ccc(O)cc2CN1. The van der Waals surface area contributed by atoms with Crippen molar-refractivity contribution in [1.82, 2.24) is 10.6 Å². The summed E-state index contributed by atoms with van der Waals surface area (Å²) in [6.07, 6.45) is 0.595. The highest BCUT2D eigenvalue weighted by molar-refractivity contribution is 5.82. The molecule has 1 heterocycles. The zero-order valence-corrected chi connectivity index (χ0v) is 11.9. The molecule has 0 aliphatic carbocycles. The maximum absolute atomic E-state index is 12.2. The second kappa shape index (κ2) is 6.24. The maximum atomic E-state index is 12.2. The summed E-state index contributed by atoms with van der Waals surface area (Å²) in [6.45, 7) is 4.44. The summed E-state index contributed by atoms with van der Waals surface area (Å²) in [7, 11) is 0. The molecule has 2 atom stereocenters. The van der Waals surface area contributed by atoms with Crippen molar-refractivity contribution in [2.75, 3.05) is 6.61 Å². The first-order valence-corrected chi connectivity index (χ1v) is 6.96. The van der Waals surface area contributed by atoms with Crippen LogP contribution < -0.4 is 10.6 Å². The molecule has 1 aromatic carbocycles. The van der Waals surface area contributed by atoms with Gasteiger partial charge in [0.1, 0.15) is 5.75 Å². The fourth-order valence-electron chi connectivity index (χ4n) is 2.39. The predicted octanol–water partition coefficient (Wildman–Crippen LogP) is 0.540. The lowest BCUT2D eigenvalue weighted by Crippen LogP contribution is -2.52. The molecule has 1 aliphatic rings. The number of aliphatic hydroxyl groups is 1. The Hall–Kier alpha value is -1.59. The van der Waals surface area contributed by atoms with E-state index in [1.54, 1.807) is 12.1 Å². The topological polar surface area (TPSA) is 81.6 Å². The number of rotatable bonds is 4. The number of aliphatic hydroxyl groups excluding tert-OH is 1. The Morgan fingerprint density at radius 2 is 2.20 bits per heavy atom. The Morgan fingerprint density at radius 1 is 1.45 bits per heavy atom. The highest BCUT2D eigenvalue weighted by Gasteiger charge is 2.26. The largest absolute Gasteiger partial charge is 0.508 e. The Labute approximate surface area is 119 Å². The molecule has 1 aliphatic heterocycles. The van der Waals surface area contributed by atoms with Crippen molar-refractivity contribution < 1.29 is 15.0 Å². The standard InChI is InChI=1S/C15H22N2O3/c1-9(2)14(8-18)17-15(20)13-6-10-3-4-12(19)5-11(10)7-16-13/h3-5,9,13-14,16,18-19H,6-8H2,1-2H3,(H,17,20)/t13-,14?/m1/s1.